The Morgan fingerprint density at radius 2 is 1.23 bits per heavy atom. The fourth-order valence-electron chi connectivity index (χ4n) is 9.42. The van der Waals surface area contributed by atoms with E-state index in [1.54, 1.807) is 36.2 Å². The van der Waals surface area contributed by atoms with Crippen LogP contribution in [0.1, 0.15) is 51.1 Å². The van der Waals surface area contributed by atoms with Crippen molar-refractivity contribution in [2.24, 2.45) is 0 Å². The molecule has 0 bridgehead atoms. The number of hydrogen-bond donors (Lipinski definition) is 1. The second-order valence-corrected chi connectivity index (χ2v) is 16.6. The number of fused-ring (bicyclic) bond motifs is 4. The Bertz CT molecular complexity index is 2690. The Hall–Kier alpha value is -7.70. The normalized spacial score (nSPS) is 19.5. The van der Waals surface area contributed by atoms with Crippen molar-refractivity contribution >= 4 is 46.5 Å². The minimum absolute atomic E-state index is 0.0598. The Kier molecular flexibility index (Phi) is 14.8. The van der Waals surface area contributed by atoms with Crippen LogP contribution in [0.2, 0.25) is 0 Å². The molecule has 0 aliphatic carbocycles. The lowest BCUT2D eigenvalue weighted by molar-refractivity contribution is 0.0175. The van der Waals surface area contributed by atoms with Crippen LogP contribution < -0.4 is 38.2 Å². The third kappa shape index (κ3) is 9.39. The van der Waals surface area contributed by atoms with Gasteiger partial charge in [-0.1, -0.05) is 49.1 Å². The van der Waals surface area contributed by atoms with Gasteiger partial charge in [0.25, 0.3) is 11.8 Å². The average Bonchev–Trinajstić information content (AvgIpc) is 3.56. The number of amides is 4. The van der Waals surface area contributed by atoms with E-state index in [-0.39, 0.29) is 90.1 Å². The molecule has 2 unspecified atom stereocenters. The van der Waals surface area contributed by atoms with Gasteiger partial charge in [-0.25, -0.2) is 19.4 Å². The molecule has 0 fully saturated rings. The van der Waals surface area contributed by atoms with Gasteiger partial charge < -0.3 is 57.5 Å². The fourth-order valence-corrected chi connectivity index (χ4v) is 9.42. The van der Waals surface area contributed by atoms with Crippen LogP contribution in [0, 0.1) is 0 Å². The molecule has 0 spiro atoms. The second kappa shape index (κ2) is 21.3. The monoisotopic (exact) mass is 960 g/mol. The number of hydrogen-bond acceptors (Lipinski definition) is 13. The maximum atomic E-state index is 14.5. The number of anilines is 2. The van der Waals surface area contributed by atoms with E-state index < -0.39 is 36.7 Å². The quantitative estimate of drug-likeness (QED) is 0.0849. The highest BCUT2D eigenvalue weighted by Crippen LogP contribution is 2.44. The number of rotatable bonds is 16. The molecule has 4 atom stereocenters. The van der Waals surface area contributed by atoms with Crippen LogP contribution in [0.25, 0.3) is 11.1 Å². The summed E-state index contributed by atoms with van der Waals surface area (Å²) in [5, 5.41) is 10.7. The van der Waals surface area contributed by atoms with Gasteiger partial charge in [0.1, 0.15) is 18.1 Å². The maximum Gasteiger partial charge on any atom is 0.416 e. The highest BCUT2D eigenvalue weighted by molar-refractivity contribution is 6.07. The molecule has 4 heterocycles. The molecule has 18 heteroatoms. The fraction of sp³-hybridized carbons (Fsp3) is 0.346. The standard InChI is InChI=1S/C52H56N4O14/c1-8-22-70-52(61)56-40-30-46(44(65-5)28-38(40)48(58)54-21-19-34(26-42(54)50(56)67-7)32-12-16-36(63-3)17-13-32)69-24-9-23-68-45-29-39-37(27-43(45)64-4)47(57)53-20-18-33(31-10-14-35(62-2)15-11-31)25-41(53)49(66-6)55(39)51(59)60/h8,10-17,19,25,27-30,41-42,49-50H,1,9,18,20-24,26H2,2-7H3,(H,59,60)/t41-,42-,49?,50?/m0/s1. The van der Waals surface area contributed by atoms with Gasteiger partial charge in [-0.2, -0.15) is 0 Å². The zero-order valence-corrected chi connectivity index (χ0v) is 39.9. The highest BCUT2D eigenvalue weighted by atomic mass is 16.6. The minimum atomic E-state index is -1.33. The van der Waals surface area contributed by atoms with Crippen LogP contribution in [-0.4, -0.2) is 139 Å². The largest absolute Gasteiger partial charge is 0.497 e. The van der Waals surface area contributed by atoms with Crippen LogP contribution in [0.15, 0.2) is 97.6 Å². The van der Waals surface area contributed by atoms with Crippen molar-refractivity contribution in [3.63, 3.8) is 0 Å². The molecule has 4 aromatic carbocycles. The van der Waals surface area contributed by atoms with E-state index in [2.05, 4.69) is 6.58 Å². The van der Waals surface area contributed by atoms with Gasteiger partial charge in [-0.3, -0.25) is 9.59 Å². The molecule has 4 aliphatic rings. The smallest absolute Gasteiger partial charge is 0.416 e. The number of carboxylic acid groups (broad SMARTS) is 1. The van der Waals surface area contributed by atoms with E-state index >= 15 is 0 Å². The minimum Gasteiger partial charge on any atom is -0.497 e. The molecule has 18 nitrogen and oxygen atoms in total. The molecule has 368 valence electrons. The van der Waals surface area contributed by atoms with Crippen LogP contribution in [0.5, 0.6) is 34.5 Å². The van der Waals surface area contributed by atoms with Crippen LogP contribution >= 0.6 is 0 Å². The van der Waals surface area contributed by atoms with Crippen molar-refractivity contribution < 1.29 is 66.9 Å². The van der Waals surface area contributed by atoms with Crippen LogP contribution in [0.4, 0.5) is 21.0 Å². The van der Waals surface area contributed by atoms with Gasteiger partial charge in [0.15, 0.2) is 35.5 Å². The summed E-state index contributed by atoms with van der Waals surface area (Å²) in [6, 6.07) is 19.9. The molecular formula is C52H56N4O14. The van der Waals surface area contributed by atoms with Crippen molar-refractivity contribution in [2.75, 3.05) is 85.4 Å². The SMILES string of the molecule is C=CCOC(=O)N1c2cc(OCCCOc3cc4c(cc3OC)C(=O)N3CCC(c5ccc(OC)cc5)=C[C@H]3C(OC)N4C(=O)O)c(OC)cc2C(=O)N2CC=C(c3ccc(OC)cc3)C[C@H]2C1OC. The number of carbonyl (C=O) groups excluding carboxylic acids is 3. The molecule has 8 rings (SSSR count). The summed E-state index contributed by atoms with van der Waals surface area (Å²) >= 11 is 0. The lowest BCUT2D eigenvalue weighted by Crippen LogP contribution is -2.55. The lowest BCUT2D eigenvalue weighted by atomic mass is 9.92. The van der Waals surface area contributed by atoms with Crippen LogP contribution in [0.3, 0.4) is 0 Å². The van der Waals surface area contributed by atoms with Gasteiger partial charge in [0.2, 0.25) is 0 Å². The summed E-state index contributed by atoms with van der Waals surface area (Å²) in [6.45, 7) is 4.29. The zero-order valence-electron chi connectivity index (χ0n) is 39.9. The molecule has 70 heavy (non-hydrogen) atoms. The predicted octanol–water partition coefficient (Wildman–Crippen LogP) is 7.75. The van der Waals surface area contributed by atoms with E-state index in [4.69, 9.17) is 42.6 Å². The van der Waals surface area contributed by atoms with Gasteiger partial charge in [0, 0.05) is 45.9 Å². The lowest BCUT2D eigenvalue weighted by Gasteiger charge is -2.40. The van der Waals surface area contributed by atoms with Crippen molar-refractivity contribution in [1.29, 1.82) is 0 Å². The van der Waals surface area contributed by atoms with E-state index in [1.165, 1.54) is 51.5 Å². The van der Waals surface area contributed by atoms with E-state index in [9.17, 15) is 24.3 Å². The summed E-state index contributed by atoms with van der Waals surface area (Å²) in [5.74, 6) is 1.55. The van der Waals surface area contributed by atoms with Crippen LogP contribution in [-0.2, 0) is 14.2 Å². The third-order valence-electron chi connectivity index (χ3n) is 12.8. The molecule has 0 saturated heterocycles. The Labute approximate surface area is 405 Å². The number of benzene rings is 4. The first-order valence-corrected chi connectivity index (χ1v) is 22.6. The number of ether oxygens (including phenoxy) is 9. The molecule has 4 aromatic rings. The summed E-state index contributed by atoms with van der Waals surface area (Å²) in [4.78, 5) is 61.7. The van der Waals surface area contributed by atoms with Crippen molar-refractivity contribution in [2.45, 2.75) is 43.8 Å². The van der Waals surface area contributed by atoms with E-state index in [1.807, 2.05) is 60.7 Å². The molecule has 4 amide bonds. The molecule has 1 N–H and O–H groups in total. The van der Waals surface area contributed by atoms with E-state index in [0.717, 1.165) is 27.2 Å². The summed E-state index contributed by atoms with van der Waals surface area (Å²) in [6.07, 6.45) is 2.34. The van der Waals surface area contributed by atoms with Gasteiger partial charge in [-0.05, 0) is 71.5 Å². The maximum absolute atomic E-state index is 14.5. The molecule has 0 aromatic heterocycles. The number of carbonyl (C=O) groups is 4. The first-order chi connectivity index (χ1) is 34.0. The Morgan fingerprint density at radius 1 is 0.686 bits per heavy atom. The van der Waals surface area contributed by atoms with Crippen molar-refractivity contribution in [3.05, 3.63) is 120 Å². The summed E-state index contributed by atoms with van der Waals surface area (Å²) < 4.78 is 52.2. The molecule has 0 saturated carbocycles. The Morgan fingerprint density at radius 3 is 1.74 bits per heavy atom. The molecular weight excluding hydrogens is 905 g/mol. The predicted molar refractivity (Wildman–Crippen MR) is 259 cm³/mol. The number of nitrogens with zero attached hydrogens (tertiary/aromatic N) is 4. The van der Waals surface area contributed by atoms with Gasteiger partial charge in [-0.15, -0.1) is 0 Å². The topological polar surface area (TPSA) is 185 Å². The van der Waals surface area contributed by atoms with Crippen molar-refractivity contribution in [1.82, 2.24) is 9.80 Å². The number of methoxy groups -OCH3 is 6. The van der Waals surface area contributed by atoms with Gasteiger partial charge in [0.05, 0.1) is 76.2 Å². The first kappa shape index (κ1) is 48.7. The molecule has 0 radical (unpaired) electrons. The Balaban J connectivity index is 1.02. The van der Waals surface area contributed by atoms with E-state index in [0.29, 0.717) is 30.9 Å². The third-order valence-corrected chi connectivity index (χ3v) is 12.8. The van der Waals surface area contributed by atoms with Gasteiger partial charge >= 0.3 is 12.2 Å². The highest BCUT2D eigenvalue weighted by Gasteiger charge is 2.47. The average molecular weight is 961 g/mol. The first-order valence-electron chi connectivity index (χ1n) is 22.6. The summed E-state index contributed by atoms with van der Waals surface area (Å²) in [5.41, 5.74) is 4.33. The van der Waals surface area contributed by atoms with Crippen molar-refractivity contribution in [3.8, 4) is 34.5 Å². The molecule has 4 aliphatic heterocycles. The summed E-state index contributed by atoms with van der Waals surface area (Å²) in [7, 11) is 8.96. The zero-order chi connectivity index (χ0) is 49.6. The second-order valence-electron chi connectivity index (χ2n) is 16.6.